The van der Waals surface area contributed by atoms with Crippen molar-refractivity contribution in [2.24, 2.45) is 16.2 Å². The SMILES string of the molecule is CC(C)(C)C1=CSC2CC12C(C)(C)C. The number of fused-ring (bicyclic) bond motifs is 1. The fourth-order valence-corrected chi connectivity index (χ4v) is 4.91. The van der Waals surface area contributed by atoms with Crippen LogP contribution in [0.4, 0.5) is 0 Å². The molecule has 1 fully saturated rings. The second-order valence-corrected chi connectivity index (χ2v) is 7.91. The van der Waals surface area contributed by atoms with E-state index in [1.807, 2.05) is 0 Å². The standard InChI is InChI=1S/C13H22S/c1-11(2,3)9-8-14-10-7-13(9,10)12(4,5)6/h8,10H,7H2,1-6H3. The molecule has 2 rings (SSSR count). The maximum Gasteiger partial charge on any atom is 0.0197 e. The Morgan fingerprint density at radius 3 is 2.07 bits per heavy atom. The van der Waals surface area contributed by atoms with E-state index < -0.39 is 0 Å². The lowest BCUT2D eigenvalue weighted by atomic mass is 9.66. The van der Waals surface area contributed by atoms with Gasteiger partial charge in [-0.25, -0.2) is 0 Å². The molecule has 80 valence electrons. The molecule has 0 saturated heterocycles. The van der Waals surface area contributed by atoms with Gasteiger partial charge in [0.25, 0.3) is 0 Å². The first-order valence-electron chi connectivity index (χ1n) is 5.56. The fourth-order valence-electron chi connectivity index (χ4n) is 2.98. The molecule has 0 radical (unpaired) electrons. The normalized spacial score (nSPS) is 36.7. The van der Waals surface area contributed by atoms with Crippen molar-refractivity contribution >= 4 is 11.8 Å². The summed E-state index contributed by atoms with van der Waals surface area (Å²) in [5.74, 6) is 0. The summed E-state index contributed by atoms with van der Waals surface area (Å²) in [6.07, 6.45) is 1.41. The molecule has 0 N–H and O–H groups in total. The van der Waals surface area contributed by atoms with E-state index in [-0.39, 0.29) is 0 Å². The Kier molecular flexibility index (Phi) is 1.97. The van der Waals surface area contributed by atoms with Crippen LogP contribution >= 0.6 is 11.8 Å². The molecule has 0 aromatic rings. The average molecular weight is 210 g/mol. The van der Waals surface area contributed by atoms with Crippen molar-refractivity contribution in [1.29, 1.82) is 0 Å². The Bertz CT molecular complexity index is 287. The summed E-state index contributed by atoms with van der Waals surface area (Å²) in [7, 11) is 0. The van der Waals surface area contributed by atoms with Crippen molar-refractivity contribution in [3.63, 3.8) is 0 Å². The molecule has 1 aliphatic carbocycles. The van der Waals surface area contributed by atoms with Crippen LogP contribution in [-0.2, 0) is 0 Å². The largest absolute Gasteiger partial charge is 0.130 e. The molecule has 0 spiro atoms. The third-order valence-electron chi connectivity index (χ3n) is 3.87. The summed E-state index contributed by atoms with van der Waals surface area (Å²) in [5, 5.41) is 3.33. The molecule has 0 bridgehead atoms. The van der Waals surface area contributed by atoms with Crippen LogP contribution in [-0.4, -0.2) is 5.25 Å². The molecule has 1 heterocycles. The topological polar surface area (TPSA) is 0 Å². The van der Waals surface area contributed by atoms with Crippen molar-refractivity contribution in [2.75, 3.05) is 0 Å². The van der Waals surface area contributed by atoms with Crippen molar-refractivity contribution in [3.8, 4) is 0 Å². The summed E-state index contributed by atoms with van der Waals surface area (Å²) < 4.78 is 0. The van der Waals surface area contributed by atoms with Crippen LogP contribution in [0.5, 0.6) is 0 Å². The minimum absolute atomic E-state index is 0.353. The Morgan fingerprint density at radius 2 is 1.79 bits per heavy atom. The molecule has 0 aromatic carbocycles. The first-order valence-corrected chi connectivity index (χ1v) is 6.50. The molecule has 0 nitrogen and oxygen atoms in total. The second-order valence-electron chi connectivity index (χ2n) is 6.83. The molecular formula is C13H22S. The van der Waals surface area contributed by atoms with Gasteiger partial charge in [0.1, 0.15) is 0 Å². The summed E-state index contributed by atoms with van der Waals surface area (Å²) in [5.41, 5.74) is 3.01. The fraction of sp³-hybridized carbons (Fsp3) is 0.846. The van der Waals surface area contributed by atoms with Gasteiger partial charge in [-0.3, -0.25) is 0 Å². The van der Waals surface area contributed by atoms with E-state index in [0.29, 0.717) is 16.2 Å². The Morgan fingerprint density at radius 1 is 1.21 bits per heavy atom. The van der Waals surface area contributed by atoms with Crippen molar-refractivity contribution < 1.29 is 0 Å². The van der Waals surface area contributed by atoms with Gasteiger partial charge < -0.3 is 0 Å². The van der Waals surface area contributed by atoms with E-state index in [0.717, 1.165) is 5.25 Å². The van der Waals surface area contributed by atoms with Crippen LogP contribution in [0.2, 0.25) is 0 Å². The zero-order valence-corrected chi connectivity index (χ0v) is 11.1. The van der Waals surface area contributed by atoms with Gasteiger partial charge >= 0.3 is 0 Å². The van der Waals surface area contributed by atoms with E-state index in [9.17, 15) is 0 Å². The third-order valence-corrected chi connectivity index (χ3v) is 5.14. The van der Waals surface area contributed by atoms with Crippen LogP contribution in [0, 0.1) is 16.2 Å². The molecule has 1 heteroatoms. The highest BCUT2D eigenvalue weighted by molar-refractivity contribution is 8.03. The number of hydrogen-bond donors (Lipinski definition) is 0. The second kappa shape index (κ2) is 2.61. The van der Waals surface area contributed by atoms with Gasteiger partial charge in [-0.1, -0.05) is 47.1 Å². The molecule has 1 aliphatic heterocycles. The number of hydrogen-bond acceptors (Lipinski definition) is 1. The van der Waals surface area contributed by atoms with Gasteiger partial charge in [0.05, 0.1) is 0 Å². The van der Waals surface area contributed by atoms with E-state index in [4.69, 9.17) is 0 Å². The van der Waals surface area contributed by atoms with Gasteiger partial charge in [-0.15, -0.1) is 11.8 Å². The van der Waals surface area contributed by atoms with Gasteiger partial charge in [0.15, 0.2) is 0 Å². The van der Waals surface area contributed by atoms with E-state index in [2.05, 4.69) is 58.7 Å². The molecule has 2 aliphatic rings. The van der Waals surface area contributed by atoms with Gasteiger partial charge in [-0.05, 0) is 22.7 Å². The van der Waals surface area contributed by atoms with Crippen LogP contribution < -0.4 is 0 Å². The van der Waals surface area contributed by atoms with Gasteiger partial charge in [0.2, 0.25) is 0 Å². The minimum atomic E-state index is 0.353. The molecule has 14 heavy (non-hydrogen) atoms. The Labute approximate surface area is 92.5 Å². The quantitative estimate of drug-likeness (QED) is 0.568. The molecule has 0 amide bonds. The molecule has 1 saturated carbocycles. The summed E-state index contributed by atoms with van der Waals surface area (Å²) in [4.78, 5) is 0. The summed E-state index contributed by atoms with van der Waals surface area (Å²) >= 11 is 2.07. The predicted molar refractivity (Wildman–Crippen MR) is 65.4 cm³/mol. The summed E-state index contributed by atoms with van der Waals surface area (Å²) in [6, 6.07) is 0. The smallest absolute Gasteiger partial charge is 0.0197 e. The predicted octanol–water partition coefficient (Wildman–Crippen LogP) is 4.47. The van der Waals surface area contributed by atoms with Crippen molar-refractivity contribution in [3.05, 3.63) is 11.0 Å². The van der Waals surface area contributed by atoms with Crippen molar-refractivity contribution in [2.45, 2.75) is 53.2 Å². The highest BCUT2D eigenvalue weighted by Gasteiger charge is 2.67. The maximum atomic E-state index is 2.44. The zero-order chi connectivity index (χ0) is 10.8. The van der Waals surface area contributed by atoms with E-state index >= 15 is 0 Å². The zero-order valence-electron chi connectivity index (χ0n) is 10.3. The van der Waals surface area contributed by atoms with Crippen LogP contribution in [0.3, 0.4) is 0 Å². The maximum absolute atomic E-state index is 2.44. The lowest BCUT2D eigenvalue weighted by Gasteiger charge is -2.38. The Balaban J connectivity index is 2.37. The summed E-state index contributed by atoms with van der Waals surface area (Å²) in [6.45, 7) is 14.3. The Hall–Kier alpha value is 0.0900. The number of allylic oxidation sites excluding steroid dienone is 1. The first-order chi connectivity index (χ1) is 6.19. The van der Waals surface area contributed by atoms with Crippen molar-refractivity contribution in [1.82, 2.24) is 0 Å². The number of thioether (sulfide) groups is 1. The first kappa shape index (κ1) is 10.6. The highest BCUT2D eigenvalue weighted by Crippen LogP contribution is 2.74. The minimum Gasteiger partial charge on any atom is -0.130 e. The monoisotopic (exact) mass is 210 g/mol. The van der Waals surface area contributed by atoms with E-state index in [1.54, 1.807) is 5.57 Å². The lowest BCUT2D eigenvalue weighted by molar-refractivity contribution is 0.225. The van der Waals surface area contributed by atoms with Crippen LogP contribution in [0.1, 0.15) is 48.0 Å². The molecular weight excluding hydrogens is 188 g/mol. The van der Waals surface area contributed by atoms with Gasteiger partial charge in [-0.2, -0.15) is 0 Å². The molecule has 2 unspecified atom stereocenters. The molecule has 2 atom stereocenters. The highest BCUT2D eigenvalue weighted by atomic mass is 32.2. The van der Waals surface area contributed by atoms with E-state index in [1.165, 1.54) is 6.42 Å². The molecule has 0 aromatic heterocycles. The third kappa shape index (κ3) is 1.21. The average Bonchev–Trinajstić information content (AvgIpc) is 2.54. The lowest BCUT2D eigenvalue weighted by Crippen LogP contribution is -2.30. The van der Waals surface area contributed by atoms with Crippen LogP contribution in [0.25, 0.3) is 0 Å². The van der Waals surface area contributed by atoms with Gasteiger partial charge in [0, 0.05) is 10.7 Å². The van der Waals surface area contributed by atoms with Crippen LogP contribution in [0.15, 0.2) is 11.0 Å². The number of rotatable bonds is 0.